The monoisotopic (exact) mass is 254 g/mol. The third-order valence-corrected chi connectivity index (χ3v) is 4.92. The van der Waals surface area contributed by atoms with E-state index in [-0.39, 0.29) is 17.5 Å². The van der Waals surface area contributed by atoms with Crippen molar-refractivity contribution in [2.24, 2.45) is 0 Å². The lowest BCUT2D eigenvalue weighted by molar-refractivity contribution is 0.559. The summed E-state index contributed by atoms with van der Waals surface area (Å²) < 4.78 is 22.7. The molecule has 3 N–H and O–H groups in total. The highest BCUT2D eigenvalue weighted by Gasteiger charge is 2.23. The maximum absolute atomic E-state index is 11.3. The van der Waals surface area contributed by atoms with Gasteiger partial charge < -0.3 is 11.1 Å². The molecule has 0 amide bonds. The Morgan fingerprint density at radius 1 is 1.29 bits per heavy atom. The van der Waals surface area contributed by atoms with E-state index in [9.17, 15) is 8.42 Å². The molecule has 1 aromatic rings. The maximum Gasteiger partial charge on any atom is 0.150 e. The number of benzene rings is 1. The van der Waals surface area contributed by atoms with E-state index >= 15 is 0 Å². The van der Waals surface area contributed by atoms with Crippen molar-refractivity contribution in [3.8, 4) is 0 Å². The van der Waals surface area contributed by atoms with E-state index in [0.29, 0.717) is 12.8 Å². The van der Waals surface area contributed by atoms with E-state index in [0.717, 1.165) is 16.9 Å². The van der Waals surface area contributed by atoms with Crippen molar-refractivity contribution in [3.05, 3.63) is 23.8 Å². The molecule has 0 unspecified atom stereocenters. The number of hydrogen-bond donors (Lipinski definition) is 2. The average molecular weight is 254 g/mol. The number of nitrogens with one attached hydrogen (secondary N) is 1. The number of nitrogen functional groups attached to an aromatic ring is 1. The van der Waals surface area contributed by atoms with Crippen molar-refractivity contribution in [1.82, 2.24) is 0 Å². The van der Waals surface area contributed by atoms with Gasteiger partial charge in [-0.2, -0.15) is 0 Å². The van der Waals surface area contributed by atoms with Crippen molar-refractivity contribution in [3.63, 3.8) is 0 Å². The standard InChI is InChI=1S/C12H18N2O2S/c1-9-3-2-4-11(13)12(9)14-10-5-7-17(15,16)8-6-10/h2-4,10,14H,5-8,13H2,1H3. The first-order valence-electron chi connectivity index (χ1n) is 5.80. The Balaban J connectivity index is 2.08. The predicted octanol–water partition coefficient (Wildman–Crippen LogP) is 1.57. The van der Waals surface area contributed by atoms with Crippen molar-refractivity contribution in [1.29, 1.82) is 0 Å². The molecule has 4 nitrogen and oxygen atoms in total. The first kappa shape index (κ1) is 12.2. The van der Waals surface area contributed by atoms with Crippen LogP contribution in [0.25, 0.3) is 0 Å². The van der Waals surface area contributed by atoms with Crippen LogP contribution in [0.15, 0.2) is 18.2 Å². The van der Waals surface area contributed by atoms with Crippen LogP contribution < -0.4 is 11.1 Å². The van der Waals surface area contributed by atoms with Crippen LogP contribution in [0.2, 0.25) is 0 Å². The van der Waals surface area contributed by atoms with Crippen molar-refractivity contribution in [2.45, 2.75) is 25.8 Å². The Labute approximate surface area is 102 Å². The lowest BCUT2D eigenvalue weighted by Crippen LogP contribution is -2.32. The summed E-state index contributed by atoms with van der Waals surface area (Å²) in [4.78, 5) is 0. The summed E-state index contributed by atoms with van der Waals surface area (Å²) in [5.41, 5.74) is 8.67. The number of nitrogens with two attached hydrogens (primary N) is 1. The average Bonchev–Trinajstić information content (AvgIpc) is 2.26. The maximum atomic E-state index is 11.3. The van der Waals surface area contributed by atoms with Gasteiger partial charge in [0.2, 0.25) is 0 Å². The molecule has 2 rings (SSSR count). The number of anilines is 2. The van der Waals surface area contributed by atoms with E-state index in [1.54, 1.807) is 0 Å². The normalized spacial score (nSPS) is 20.1. The highest BCUT2D eigenvalue weighted by molar-refractivity contribution is 7.91. The van der Waals surface area contributed by atoms with Crippen LogP contribution in [0.4, 0.5) is 11.4 Å². The van der Waals surface area contributed by atoms with Crippen LogP contribution in [0.5, 0.6) is 0 Å². The highest BCUT2D eigenvalue weighted by Crippen LogP contribution is 2.26. The third-order valence-electron chi connectivity index (χ3n) is 3.21. The fourth-order valence-electron chi connectivity index (χ4n) is 2.13. The van der Waals surface area contributed by atoms with Crippen LogP contribution in [-0.2, 0) is 9.84 Å². The van der Waals surface area contributed by atoms with Crippen molar-refractivity contribution >= 4 is 21.2 Å². The van der Waals surface area contributed by atoms with Gasteiger partial charge in [-0.3, -0.25) is 0 Å². The Hall–Kier alpha value is -1.23. The summed E-state index contributed by atoms with van der Waals surface area (Å²) in [6, 6.07) is 5.98. The van der Waals surface area contributed by atoms with Crippen LogP contribution in [0.3, 0.4) is 0 Å². The van der Waals surface area contributed by atoms with E-state index in [1.165, 1.54) is 0 Å². The van der Waals surface area contributed by atoms with E-state index in [4.69, 9.17) is 5.73 Å². The third kappa shape index (κ3) is 2.91. The quantitative estimate of drug-likeness (QED) is 0.786. The largest absolute Gasteiger partial charge is 0.397 e. The van der Waals surface area contributed by atoms with E-state index in [2.05, 4.69) is 5.32 Å². The van der Waals surface area contributed by atoms with Crippen LogP contribution in [-0.4, -0.2) is 26.0 Å². The number of aryl methyl sites for hydroxylation is 1. The molecule has 17 heavy (non-hydrogen) atoms. The Bertz CT molecular complexity index is 477. The molecule has 0 spiro atoms. The van der Waals surface area contributed by atoms with Crippen molar-refractivity contribution in [2.75, 3.05) is 22.6 Å². The molecule has 1 heterocycles. The lowest BCUT2D eigenvalue weighted by Gasteiger charge is -2.25. The number of rotatable bonds is 2. The van der Waals surface area contributed by atoms with Gasteiger partial charge in [-0.05, 0) is 31.4 Å². The van der Waals surface area contributed by atoms with Gasteiger partial charge in [-0.1, -0.05) is 12.1 Å². The zero-order chi connectivity index (χ0) is 12.5. The Kier molecular flexibility index (Phi) is 3.28. The first-order chi connectivity index (χ1) is 7.98. The molecule has 5 heteroatoms. The molecule has 0 atom stereocenters. The molecule has 1 aliphatic rings. The zero-order valence-electron chi connectivity index (χ0n) is 9.94. The minimum Gasteiger partial charge on any atom is -0.397 e. The van der Waals surface area contributed by atoms with Gasteiger partial charge >= 0.3 is 0 Å². The minimum atomic E-state index is -2.80. The Morgan fingerprint density at radius 3 is 2.53 bits per heavy atom. The molecular formula is C12H18N2O2S. The summed E-state index contributed by atoms with van der Waals surface area (Å²) >= 11 is 0. The molecule has 94 valence electrons. The number of para-hydroxylation sites is 1. The Morgan fingerprint density at radius 2 is 1.94 bits per heavy atom. The first-order valence-corrected chi connectivity index (χ1v) is 7.62. The summed E-state index contributed by atoms with van der Waals surface area (Å²) in [5, 5.41) is 3.37. The van der Waals surface area contributed by atoms with Crippen LogP contribution >= 0.6 is 0 Å². The second-order valence-corrected chi connectivity index (χ2v) is 6.91. The molecule has 0 bridgehead atoms. The van der Waals surface area contributed by atoms with Gasteiger partial charge in [0.1, 0.15) is 9.84 Å². The smallest absolute Gasteiger partial charge is 0.150 e. The van der Waals surface area contributed by atoms with Crippen LogP contribution in [0, 0.1) is 6.92 Å². The molecule has 0 saturated carbocycles. The summed E-state index contributed by atoms with van der Waals surface area (Å²) in [7, 11) is -2.80. The fraction of sp³-hybridized carbons (Fsp3) is 0.500. The van der Waals surface area contributed by atoms with Crippen LogP contribution in [0.1, 0.15) is 18.4 Å². The molecule has 0 aromatic heterocycles. The van der Waals surface area contributed by atoms with Gasteiger partial charge in [-0.25, -0.2) is 8.42 Å². The second-order valence-electron chi connectivity index (χ2n) is 4.61. The van der Waals surface area contributed by atoms with E-state index in [1.807, 2.05) is 25.1 Å². The summed E-state index contributed by atoms with van der Waals surface area (Å²) in [5.74, 6) is 0.549. The number of hydrogen-bond acceptors (Lipinski definition) is 4. The molecule has 1 fully saturated rings. The lowest BCUT2D eigenvalue weighted by atomic mass is 10.1. The van der Waals surface area contributed by atoms with Gasteiger partial charge in [0, 0.05) is 6.04 Å². The van der Waals surface area contributed by atoms with Crippen molar-refractivity contribution < 1.29 is 8.42 Å². The molecule has 1 aliphatic heterocycles. The molecule has 0 aliphatic carbocycles. The van der Waals surface area contributed by atoms with Gasteiger partial charge in [0.05, 0.1) is 22.9 Å². The highest BCUT2D eigenvalue weighted by atomic mass is 32.2. The molecular weight excluding hydrogens is 236 g/mol. The predicted molar refractivity (Wildman–Crippen MR) is 70.9 cm³/mol. The fourth-order valence-corrected chi connectivity index (χ4v) is 3.62. The summed E-state index contributed by atoms with van der Waals surface area (Å²) in [6.07, 6.45) is 1.33. The topological polar surface area (TPSA) is 72.2 Å². The zero-order valence-corrected chi connectivity index (χ0v) is 10.8. The molecule has 1 aromatic carbocycles. The summed E-state index contributed by atoms with van der Waals surface area (Å²) in [6.45, 7) is 2.00. The molecule has 1 saturated heterocycles. The van der Waals surface area contributed by atoms with Gasteiger partial charge in [-0.15, -0.1) is 0 Å². The van der Waals surface area contributed by atoms with Gasteiger partial charge in [0.15, 0.2) is 0 Å². The van der Waals surface area contributed by atoms with E-state index < -0.39 is 9.84 Å². The SMILES string of the molecule is Cc1cccc(N)c1NC1CCS(=O)(=O)CC1. The second kappa shape index (κ2) is 4.56. The number of sulfone groups is 1. The van der Waals surface area contributed by atoms with Gasteiger partial charge in [0.25, 0.3) is 0 Å². The minimum absolute atomic E-state index is 0.210. The molecule has 0 radical (unpaired) electrons.